The number of nitrogen functional groups attached to an aromatic ring is 1. The van der Waals surface area contributed by atoms with Gasteiger partial charge >= 0.3 is 0 Å². The molecule has 0 amide bonds. The Balaban J connectivity index is 1.71. The van der Waals surface area contributed by atoms with Gasteiger partial charge < -0.3 is 20.3 Å². The summed E-state index contributed by atoms with van der Waals surface area (Å²) >= 11 is 0. The molecule has 118 valence electrons. The Labute approximate surface area is 131 Å². The maximum atomic E-state index is 10.1. The second kappa shape index (κ2) is 8.29. The molecule has 0 aliphatic rings. The molecule has 1 atom stereocenters. The minimum Gasteiger partial charge on any atom is -0.493 e. The average Bonchev–Trinajstić information content (AvgIpc) is 2.56. The van der Waals surface area contributed by atoms with Crippen LogP contribution in [-0.2, 0) is 0 Å². The summed E-state index contributed by atoms with van der Waals surface area (Å²) in [6.45, 7) is 0.585. The zero-order valence-electron chi connectivity index (χ0n) is 12.9. The molecule has 0 aliphatic carbocycles. The molecule has 3 N–H and O–H groups in total. The van der Waals surface area contributed by atoms with Gasteiger partial charge in [-0.15, -0.1) is 0 Å². The Bertz CT molecular complexity index is 572. The van der Waals surface area contributed by atoms with E-state index in [1.54, 1.807) is 19.2 Å². The number of hydrogen-bond donors (Lipinski definition) is 2. The molecule has 0 spiro atoms. The molecular formula is C18H23NO3. The molecule has 2 rings (SSSR count). The number of nitrogens with two attached hydrogens (primary N) is 1. The minimum atomic E-state index is -0.410. The Kier molecular flexibility index (Phi) is 6.10. The highest BCUT2D eigenvalue weighted by Gasteiger charge is 2.07. The van der Waals surface area contributed by atoms with Crippen molar-refractivity contribution in [2.24, 2.45) is 0 Å². The van der Waals surface area contributed by atoms with Crippen molar-refractivity contribution in [1.29, 1.82) is 0 Å². The van der Waals surface area contributed by atoms with Crippen molar-refractivity contribution in [1.82, 2.24) is 0 Å². The molecule has 0 radical (unpaired) electrons. The van der Waals surface area contributed by atoms with Gasteiger partial charge in [0.25, 0.3) is 0 Å². The summed E-state index contributed by atoms with van der Waals surface area (Å²) in [5.41, 5.74) is 7.31. The lowest BCUT2D eigenvalue weighted by atomic mass is 10.0. The first-order valence-electron chi connectivity index (χ1n) is 7.50. The second-order valence-electron chi connectivity index (χ2n) is 5.18. The van der Waals surface area contributed by atoms with Crippen LogP contribution in [0.3, 0.4) is 0 Å². The number of unbranched alkanes of at least 4 members (excludes halogenated alkanes) is 1. The molecular weight excluding hydrogens is 278 g/mol. The lowest BCUT2D eigenvalue weighted by Crippen LogP contribution is -2.02. The van der Waals surface area contributed by atoms with Gasteiger partial charge in [-0.3, -0.25) is 0 Å². The van der Waals surface area contributed by atoms with Crippen LogP contribution >= 0.6 is 0 Å². The fourth-order valence-corrected chi connectivity index (χ4v) is 2.27. The predicted molar refractivity (Wildman–Crippen MR) is 88.2 cm³/mol. The van der Waals surface area contributed by atoms with E-state index in [9.17, 15) is 5.11 Å². The second-order valence-corrected chi connectivity index (χ2v) is 5.18. The number of aliphatic hydroxyl groups is 1. The Morgan fingerprint density at radius 2 is 1.82 bits per heavy atom. The van der Waals surface area contributed by atoms with Gasteiger partial charge in [-0.1, -0.05) is 30.3 Å². The van der Waals surface area contributed by atoms with E-state index >= 15 is 0 Å². The topological polar surface area (TPSA) is 64.7 Å². The first kappa shape index (κ1) is 16.2. The average molecular weight is 301 g/mol. The van der Waals surface area contributed by atoms with Crippen molar-refractivity contribution in [3.63, 3.8) is 0 Å². The molecule has 0 aliphatic heterocycles. The summed E-state index contributed by atoms with van der Waals surface area (Å²) in [4.78, 5) is 0. The van der Waals surface area contributed by atoms with Crippen LogP contribution < -0.4 is 15.2 Å². The molecule has 2 aromatic carbocycles. The van der Waals surface area contributed by atoms with E-state index in [-0.39, 0.29) is 0 Å². The standard InChI is InChI=1S/C18H23NO3/c1-21-18-13-15(19)10-11-17(18)22-12-6-5-9-16(20)14-7-3-2-4-8-14/h2-4,7-8,10-11,13,16,20H,5-6,9,12,19H2,1H3. The predicted octanol–water partition coefficient (Wildman–Crippen LogP) is 3.56. The van der Waals surface area contributed by atoms with Gasteiger partial charge in [0.2, 0.25) is 0 Å². The maximum Gasteiger partial charge on any atom is 0.162 e. The molecule has 4 heteroatoms. The number of methoxy groups -OCH3 is 1. The summed E-state index contributed by atoms with van der Waals surface area (Å²) < 4.78 is 10.9. The van der Waals surface area contributed by atoms with E-state index in [0.29, 0.717) is 23.8 Å². The third kappa shape index (κ3) is 4.67. The van der Waals surface area contributed by atoms with Crippen molar-refractivity contribution >= 4 is 5.69 Å². The van der Waals surface area contributed by atoms with Crippen molar-refractivity contribution in [2.75, 3.05) is 19.5 Å². The molecule has 4 nitrogen and oxygen atoms in total. The lowest BCUT2D eigenvalue weighted by Gasteiger charge is -2.12. The Morgan fingerprint density at radius 1 is 1.05 bits per heavy atom. The maximum absolute atomic E-state index is 10.1. The third-order valence-electron chi connectivity index (χ3n) is 3.50. The number of anilines is 1. The fourth-order valence-electron chi connectivity index (χ4n) is 2.27. The molecule has 0 bridgehead atoms. The summed E-state index contributed by atoms with van der Waals surface area (Å²) in [7, 11) is 1.60. The minimum absolute atomic E-state index is 0.410. The van der Waals surface area contributed by atoms with Crippen LogP contribution in [0.15, 0.2) is 48.5 Å². The van der Waals surface area contributed by atoms with Crippen LogP contribution in [0.4, 0.5) is 5.69 Å². The molecule has 1 unspecified atom stereocenters. The van der Waals surface area contributed by atoms with E-state index in [2.05, 4.69) is 0 Å². The Hall–Kier alpha value is -2.20. The summed E-state index contributed by atoms with van der Waals surface area (Å²) in [5, 5.41) is 10.1. The fraction of sp³-hybridized carbons (Fsp3) is 0.333. The van der Waals surface area contributed by atoms with Crippen LogP contribution in [0.2, 0.25) is 0 Å². The van der Waals surface area contributed by atoms with Crippen LogP contribution in [0.25, 0.3) is 0 Å². The van der Waals surface area contributed by atoms with Gasteiger partial charge in [-0.2, -0.15) is 0 Å². The van der Waals surface area contributed by atoms with Gasteiger partial charge in [0.1, 0.15) is 0 Å². The van der Waals surface area contributed by atoms with Gasteiger partial charge in [-0.25, -0.2) is 0 Å². The van der Waals surface area contributed by atoms with E-state index < -0.39 is 6.10 Å². The van der Waals surface area contributed by atoms with Gasteiger partial charge in [0.15, 0.2) is 11.5 Å². The first-order chi connectivity index (χ1) is 10.7. The first-order valence-corrected chi connectivity index (χ1v) is 7.50. The van der Waals surface area contributed by atoms with Crippen molar-refractivity contribution in [2.45, 2.75) is 25.4 Å². The van der Waals surface area contributed by atoms with E-state index in [1.807, 2.05) is 36.4 Å². The quantitative estimate of drug-likeness (QED) is 0.578. The molecule has 0 fully saturated rings. The van der Waals surface area contributed by atoms with E-state index in [1.165, 1.54) is 0 Å². The van der Waals surface area contributed by atoms with Crippen LogP contribution in [-0.4, -0.2) is 18.8 Å². The molecule has 0 heterocycles. The van der Waals surface area contributed by atoms with Crippen molar-refractivity contribution in [3.05, 3.63) is 54.1 Å². The summed E-state index contributed by atoms with van der Waals surface area (Å²) in [6.07, 6.45) is 2.09. The number of benzene rings is 2. The van der Waals surface area contributed by atoms with Crippen molar-refractivity contribution < 1.29 is 14.6 Å². The normalized spacial score (nSPS) is 11.9. The van der Waals surface area contributed by atoms with Gasteiger partial charge in [0, 0.05) is 11.8 Å². The van der Waals surface area contributed by atoms with E-state index in [0.717, 1.165) is 24.8 Å². The summed E-state index contributed by atoms with van der Waals surface area (Å²) in [5.74, 6) is 1.34. The highest BCUT2D eigenvalue weighted by atomic mass is 16.5. The number of aliphatic hydroxyl groups excluding tert-OH is 1. The van der Waals surface area contributed by atoms with Crippen LogP contribution in [0.1, 0.15) is 30.9 Å². The lowest BCUT2D eigenvalue weighted by molar-refractivity contribution is 0.160. The van der Waals surface area contributed by atoms with Gasteiger partial charge in [0.05, 0.1) is 19.8 Å². The van der Waals surface area contributed by atoms with Crippen LogP contribution in [0.5, 0.6) is 11.5 Å². The highest BCUT2D eigenvalue weighted by Crippen LogP contribution is 2.29. The largest absolute Gasteiger partial charge is 0.493 e. The highest BCUT2D eigenvalue weighted by molar-refractivity contribution is 5.51. The molecule has 0 saturated carbocycles. The van der Waals surface area contributed by atoms with E-state index in [4.69, 9.17) is 15.2 Å². The molecule has 0 saturated heterocycles. The number of rotatable bonds is 8. The monoisotopic (exact) mass is 301 g/mol. The number of ether oxygens (including phenoxy) is 2. The zero-order valence-corrected chi connectivity index (χ0v) is 12.9. The van der Waals surface area contributed by atoms with Crippen molar-refractivity contribution in [3.8, 4) is 11.5 Å². The summed E-state index contributed by atoms with van der Waals surface area (Å²) in [6, 6.07) is 15.1. The molecule has 0 aromatic heterocycles. The third-order valence-corrected chi connectivity index (χ3v) is 3.50. The zero-order chi connectivity index (χ0) is 15.8. The molecule has 2 aromatic rings. The van der Waals surface area contributed by atoms with Gasteiger partial charge in [-0.05, 0) is 37.0 Å². The Morgan fingerprint density at radius 3 is 2.55 bits per heavy atom. The van der Waals surface area contributed by atoms with Crippen LogP contribution in [0, 0.1) is 0 Å². The smallest absolute Gasteiger partial charge is 0.162 e. The SMILES string of the molecule is COc1cc(N)ccc1OCCCCC(O)c1ccccc1. The molecule has 22 heavy (non-hydrogen) atoms. The number of hydrogen-bond acceptors (Lipinski definition) is 4.